The molecule has 4 unspecified atom stereocenters. The third kappa shape index (κ3) is 17.7. The highest BCUT2D eigenvalue weighted by Crippen LogP contribution is 2.38. The molecule has 0 spiro atoms. The van der Waals surface area contributed by atoms with E-state index < -0.39 is 0 Å². The fourth-order valence-corrected chi connectivity index (χ4v) is 8.43. The molecule has 0 aromatic rings. The summed E-state index contributed by atoms with van der Waals surface area (Å²) in [6.07, 6.45) is 35.1. The number of halogens is 2. The van der Waals surface area contributed by atoms with E-state index in [1.165, 1.54) is 176 Å². The maximum atomic E-state index is 4.30. The Bertz CT molecular complexity index is 722. The fraction of sp³-hybridized carbons (Fsp3) is 0.895. The lowest BCUT2D eigenvalue weighted by Crippen LogP contribution is -2.55. The van der Waals surface area contributed by atoms with Crippen molar-refractivity contribution >= 4 is 31.9 Å². The summed E-state index contributed by atoms with van der Waals surface area (Å²) in [5, 5.41) is 0. The number of quaternary nitrogens is 2. The molecule has 4 heteroatoms. The predicted molar refractivity (Wildman–Crippen MR) is 198 cm³/mol. The van der Waals surface area contributed by atoms with E-state index in [0.29, 0.717) is 4.83 Å². The van der Waals surface area contributed by atoms with Crippen molar-refractivity contribution in [3.8, 4) is 0 Å². The lowest BCUT2D eigenvalue weighted by molar-refractivity contribution is -0.911. The Hall–Kier alpha value is 0.360. The molecule has 0 fully saturated rings. The van der Waals surface area contributed by atoms with Gasteiger partial charge < -0.3 is 8.97 Å². The van der Waals surface area contributed by atoms with Crippen LogP contribution in [0.4, 0.5) is 0 Å². The molecule has 0 amide bonds. The molecule has 0 N–H and O–H groups in total. The van der Waals surface area contributed by atoms with Crippen LogP contribution in [0.5, 0.6) is 0 Å². The normalized spacial score (nSPS) is 21.7. The van der Waals surface area contributed by atoms with Gasteiger partial charge in [-0.3, -0.25) is 0 Å². The number of hydrogen-bond acceptors (Lipinski definition) is 0. The maximum Gasteiger partial charge on any atom is 0.109 e. The third-order valence-corrected chi connectivity index (χ3v) is 12.5. The molecule has 1 aliphatic rings. The van der Waals surface area contributed by atoms with Crippen LogP contribution in [-0.4, -0.2) is 71.5 Å². The van der Waals surface area contributed by atoms with Gasteiger partial charge in [0, 0.05) is 5.57 Å². The number of hydrogen-bond donors (Lipinski definition) is 0. The van der Waals surface area contributed by atoms with Gasteiger partial charge in [-0.1, -0.05) is 155 Å². The Balaban J connectivity index is 2.86. The van der Waals surface area contributed by atoms with Crippen molar-refractivity contribution in [1.82, 2.24) is 0 Å². The van der Waals surface area contributed by atoms with Crippen LogP contribution in [0.15, 0.2) is 23.8 Å². The summed E-state index contributed by atoms with van der Waals surface area (Å²) in [6.45, 7) is 16.9. The molecule has 0 aliphatic heterocycles. The van der Waals surface area contributed by atoms with Gasteiger partial charge in [0.1, 0.15) is 10.9 Å². The summed E-state index contributed by atoms with van der Waals surface area (Å²) in [6, 6.07) is 0. The average molecular weight is 719 g/mol. The molecule has 0 radical (unpaired) electrons. The Kier molecular flexibility index (Phi) is 22.8. The standard InChI is InChI=1S/C38H74Br2N2/c1-7-11-15-19-21-25-30-41(5,29-23-17-13-9-3)34-36-27-28-38(40,37(39)33-36)35-42(6,31-24-18-14-10-4)32-26-22-20-16-12-8-2/h27-28,33,37H,7-26,29-32,34-35H2,1-6H3/q+2. The average Bonchev–Trinajstić information content (AvgIpc) is 2.95. The summed E-state index contributed by atoms with van der Waals surface area (Å²) in [7, 11) is 5.08. The molecule has 42 heavy (non-hydrogen) atoms. The Morgan fingerprint density at radius 3 is 1.33 bits per heavy atom. The van der Waals surface area contributed by atoms with Gasteiger partial charge in [0.2, 0.25) is 0 Å². The van der Waals surface area contributed by atoms with Crippen molar-refractivity contribution in [3.05, 3.63) is 23.8 Å². The summed E-state index contributed by atoms with van der Waals surface area (Å²) >= 11 is 8.49. The van der Waals surface area contributed by atoms with Crippen molar-refractivity contribution in [3.63, 3.8) is 0 Å². The van der Waals surface area contributed by atoms with Crippen LogP contribution in [0.3, 0.4) is 0 Å². The van der Waals surface area contributed by atoms with E-state index in [9.17, 15) is 0 Å². The van der Waals surface area contributed by atoms with Crippen LogP contribution in [0, 0.1) is 0 Å². The zero-order valence-corrected chi connectivity index (χ0v) is 32.5. The lowest BCUT2D eigenvalue weighted by Gasteiger charge is -2.43. The molecular formula is C38H74Br2N2+2. The Labute approximate surface area is 282 Å². The molecule has 0 bridgehead atoms. The molecular weight excluding hydrogens is 644 g/mol. The highest BCUT2D eigenvalue weighted by Gasteiger charge is 2.41. The smallest absolute Gasteiger partial charge is 0.109 e. The summed E-state index contributed by atoms with van der Waals surface area (Å²) in [5.41, 5.74) is 1.53. The Morgan fingerprint density at radius 1 is 0.571 bits per heavy atom. The van der Waals surface area contributed by atoms with Crippen molar-refractivity contribution in [1.29, 1.82) is 0 Å². The summed E-state index contributed by atoms with van der Waals surface area (Å²) in [4.78, 5) is 0.338. The number of allylic oxidation sites excluding steroid dienone is 1. The minimum absolute atomic E-state index is 0.0119. The molecule has 0 saturated heterocycles. The highest BCUT2D eigenvalue weighted by molar-refractivity contribution is 9.12. The molecule has 1 aliphatic carbocycles. The predicted octanol–water partition coefficient (Wildman–Crippen LogP) is 12.2. The zero-order chi connectivity index (χ0) is 31.2. The second kappa shape index (κ2) is 23.7. The SMILES string of the molecule is CCCCCCCC[N+](C)(CCCCCC)CC1=CC(Br)C(Br)(C[N+](C)(CCCCCC)CCCCCCCC)C=C1. The van der Waals surface area contributed by atoms with Gasteiger partial charge in [-0.15, -0.1) is 0 Å². The van der Waals surface area contributed by atoms with Crippen molar-refractivity contribution in [2.45, 2.75) is 165 Å². The minimum Gasteiger partial charge on any atom is -0.325 e. The van der Waals surface area contributed by atoms with Crippen LogP contribution < -0.4 is 0 Å². The lowest BCUT2D eigenvalue weighted by atomic mass is 9.93. The first-order chi connectivity index (χ1) is 20.2. The monoisotopic (exact) mass is 716 g/mol. The first-order valence-corrected chi connectivity index (χ1v) is 20.3. The Morgan fingerprint density at radius 2 is 0.929 bits per heavy atom. The molecule has 2 nitrogen and oxygen atoms in total. The first kappa shape index (κ1) is 40.4. The van der Waals surface area contributed by atoms with Gasteiger partial charge in [0.15, 0.2) is 0 Å². The minimum atomic E-state index is -0.0119. The van der Waals surface area contributed by atoms with Crippen LogP contribution >= 0.6 is 31.9 Å². The van der Waals surface area contributed by atoms with E-state index in [0.717, 1.165) is 6.54 Å². The molecule has 0 aromatic carbocycles. The van der Waals surface area contributed by atoms with Gasteiger partial charge >= 0.3 is 0 Å². The second-order valence-electron chi connectivity index (χ2n) is 14.5. The molecule has 0 aromatic heterocycles. The van der Waals surface area contributed by atoms with Gasteiger partial charge in [0.05, 0.1) is 51.6 Å². The first-order valence-electron chi connectivity index (χ1n) is 18.6. The molecule has 0 heterocycles. The maximum absolute atomic E-state index is 4.30. The molecule has 1 rings (SSSR count). The van der Waals surface area contributed by atoms with E-state index in [4.69, 9.17) is 0 Å². The van der Waals surface area contributed by atoms with Crippen LogP contribution in [0.1, 0.15) is 156 Å². The number of likely N-dealkylation sites (N-methyl/N-ethyl adjacent to an activating group) is 1. The van der Waals surface area contributed by atoms with Crippen molar-refractivity contribution in [2.24, 2.45) is 0 Å². The van der Waals surface area contributed by atoms with E-state index in [1.54, 1.807) is 0 Å². The van der Waals surface area contributed by atoms with Crippen LogP contribution in [-0.2, 0) is 0 Å². The number of rotatable bonds is 28. The number of nitrogens with zero attached hydrogens (tertiary/aromatic N) is 2. The van der Waals surface area contributed by atoms with Gasteiger partial charge in [-0.25, -0.2) is 0 Å². The van der Waals surface area contributed by atoms with Crippen molar-refractivity contribution in [2.75, 3.05) is 53.4 Å². The molecule has 4 atom stereocenters. The second-order valence-corrected chi connectivity index (χ2v) is 17.0. The number of alkyl halides is 2. The van der Waals surface area contributed by atoms with Crippen LogP contribution in [0.2, 0.25) is 0 Å². The van der Waals surface area contributed by atoms with E-state index in [2.05, 4.69) is 91.9 Å². The van der Waals surface area contributed by atoms with E-state index in [-0.39, 0.29) is 4.32 Å². The van der Waals surface area contributed by atoms with Crippen LogP contribution in [0.25, 0.3) is 0 Å². The van der Waals surface area contributed by atoms with E-state index >= 15 is 0 Å². The largest absolute Gasteiger partial charge is 0.325 e. The molecule has 0 saturated carbocycles. The summed E-state index contributed by atoms with van der Waals surface area (Å²) < 4.78 is 2.37. The van der Waals surface area contributed by atoms with Gasteiger partial charge in [-0.2, -0.15) is 0 Å². The summed E-state index contributed by atoms with van der Waals surface area (Å²) in [5.74, 6) is 0. The van der Waals surface area contributed by atoms with Gasteiger partial charge in [-0.05, 0) is 51.4 Å². The molecule has 248 valence electrons. The topological polar surface area (TPSA) is 0 Å². The third-order valence-electron chi connectivity index (χ3n) is 9.79. The fourth-order valence-electron chi connectivity index (χ4n) is 6.92. The highest BCUT2D eigenvalue weighted by atomic mass is 79.9. The van der Waals surface area contributed by atoms with E-state index in [1.807, 2.05) is 0 Å². The zero-order valence-electron chi connectivity index (χ0n) is 29.3. The van der Waals surface area contributed by atoms with Crippen molar-refractivity contribution < 1.29 is 8.97 Å². The number of unbranched alkanes of at least 4 members (excludes halogenated alkanes) is 16. The quantitative estimate of drug-likeness (QED) is 0.0429. The van der Waals surface area contributed by atoms with Gasteiger partial charge in [0.25, 0.3) is 0 Å².